The van der Waals surface area contributed by atoms with Crippen LogP contribution in [0.4, 0.5) is 43.3 Å². The van der Waals surface area contributed by atoms with Crippen molar-refractivity contribution in [2.75, 3.05) is 182 Å². The van der Waals surface area contributed by atoms with Gasteiger partial charge in [-0.3, -0.25) is 29.1 Å². The molecule has 9 aliphatic rings. The molecule has 6 aromatic carbocycles. The van der Waals surface area contributed by atoms with Crippen molar-refractivity contribution in [3.63, 3.8) is 0 Å². The summed E-state index contributed by atoms with van der Waals surface area (Å²) in [4.78, 5) is 95.1. The molecular formula is C96H105F2N21O8. The van der Waals surface area contributed by atoms with Crippen LogP contribution in [0.15, 0.2) is 153 Å². The van der Waals surface area contributed by atoms with Gasteiger partial charge in [0.2, 0.25) is 17.7 Å². The predicted molar refractivity (Wildman–Crippen MR) is 479 cm³/mol. The number of carbonyl (C=O) groups excluding carboxylic acids is 3. The van der Waals surface area contributed by atoms with Crippen molar-refractivity contribution in [1.82, 2.24) is 59.3 Å². The van der Waals surface area contributed by atoms with Gasteiger partial charge in [0.25, 0.3) is 5.92 Å². The fraction of sp³-hybridized carbons (Fsp3) is 0.438. The number of amides is 3. The van der Waals surface area contributed by atoms with Crippen LogP contribution < -0.4 is 43.6 Å². The van der Waals surface area contributed by atoms with E-state index in [0.29, 0.717) is 143 Å². The Morgan fingerprint density at radius 3 is 1.16 bits per heavy atom. The highest BCUT2D eigenvalue weighted by Gasteiger charge is 2.45. The number of carbonyl (C=O) groups is 3. The highest BCUT2D eigenvalue weighted by atomic mass is 19.3. The Bertz CT molecular complexity index is 5860. The molecule has 9 aromatic rings. The number of hydrogen-bond donors (Lipinski definition) is 0. The molecule has 31 heteroatoms. The van der Waals surface area contributed by atoms with Gasteiger partial charge in [-0.1, -0.05) is 117 Å². The van der Waals surface area contributed by atoms with Crippen LogP contribution in [0.25, 0.3) is 32.3 Å². The largest absolute Gasteiger partial charge is 0.462 e. The Hall–Kier alpha value is -12.7. The second-order valence-corrected chi connectivity index (χ2v) is 34.7. The Morgan fingerprint density at radius 2 is 0.787 bits per heavy atom. The minimum absolute atomic E-state index is 0.0249. The van der Waals surface area contributed by atoms with Crippen LogP contribution in [0.1, 0.15) is 82.8 Å². The second-order valence-electron chi connectivity index (χ2n) is 34.7. The molecule has 3 aromatic heterocycles. The third kappa shape index (κ3) is 17.4. The van der Waals surface area contributed by atoms with Crippen molar-refractivity contribution in [2.24, 2.45) is 0 Å². The molecule has 0 spiro atoms. The van der Waals surface area contributed by atoms with Crippen LogP contribution in [0.3, 0.4) is 0 Å². The third-order valence-corrected chi connectivity index (χ3v) is 27.1. The molecule has 0 saturated carbocycles. The average Bonchev–Trinajstić information content (AvgIpc) is 0.820. The van der Waals surface area contributed by atoms with E-state index in [9.17, 15) is 39.0 Å². The van der Waals surface area contributed by atoms with Crippen molar-refractivity contribution >= 4 is 84.6 Å². The molecule has 127 heavy (non-hydrogen) atoms. The first kappa shape index (κ1) is 85.1. The lowest BCUT2D eigenvalue weighted by Crippen LogP contribution is -2.55. The second kappa shape index (κ2) is 36.7. The van der Waals surface area contributed by atoms with Gasteiger partial charge in [0.1, 0.15) is 37.3 Å². The molecular weight excluding hydrogens is 1610 g/mol. The number of benzene rings is 6. The molecule has 12 heterocycles. The van der Waals surface area contributed by atoms with Crippen molar-refractivity contribution in [2.45, 2.75) is 119 Å². The van der Waals surface area contributed by atoms with Gasteiger partial charge in [-0.05, 0) is 104 Å². The van der Waals surface area contributed by atoms with E-state index in [0.717, 1.165) is 107 Å². The number of morpholine rings is 2. The Morgan fingerprint density at radius 1 is 0.425 bits per heavy atom. The molecule has 3 amide bonds. The number of aromatic nitrogens is 6. The Kier molecular flexibility index (Phi) is 24.6. The number of fused-ring (bicyclic) bond motifs is 6. The summed E-state index contributed by atoms with van der Waals surface area (Å²) >= 11 is 0. The molecule has 8 atom stereocenters. The Labute approximate surface area is 737 Å². The quantitative estimate of drug-likeness (QED) is 0.0538. The molecule has 4 unspecified atom stereocenters. The maximum absolute atomic E-state index is 14.6. The first-order valence-electron chi connectivity index (χ1n) is 44.0. The molecule has 0 radical (unpaired) electrons. The van der Waals surface area contributed by atoms with Crippen molar-refractivity contribution < 1.29 is 46.8 Å². The lowest BCUT2D eigenvalue weighted by molar-refractivity contribution is -0.129. The van der Waals surface area contributed by atoms with Gasteiger partial charge in [-0.2, -0.15) is 45.7 Å². The minimum Gasteiger partial charge on any atom is -0.462 e. The number of anilines is 6. The smallest absolute Gasteiger partial charge is 0.318 e. The number of ether oxygens (including phenoxy) is 5. The fourth-order valence-corrected chi connectivity index (χ4v) is 20.3. The van der Waals surface area contributed by atoms with Gasteiger partial charge >= 0.3 is 18.0 Å². The van der Waals surface area contributed by atoms with Gasteiger partial charge < -0.3 is 67.8 Å². The number of rotatable bonds is 23. The molecule has 29 nitrogen and oxygen atoms in total. The molecule has 656 valence electrons. The maximum atomic E-state index is 14.6. The van der Waals surface area contributed by atoms with E-state index in [4.69, 9.17) is 53.6 Å². The van der Waals surface area contributed by atoms with Crippen LogP contribution in [-0.4, -0.2) is 272 Å². The molecule has 18 rings (SSSR count). The zero-order chi connectivity index (χ0) is 87.7. The number of halogens is 2. The Balaban J connectivity index is 0.560. The highest BCUT2D eigenvalue weighted by Crippen LogP contribution is 2.44. The molecule has 0 aliphatic carbocycles. The van der Waals surface area contributed by atoms with Gasteiger partial charge in [0, 0.05) is 154 Å². The molecule has 6 fully saturated rings. The number of likely N-dealkylation sites (N-methyl/N-ethyl adjacent to an activating group) is 3. The van der Waals surface area contributed by atoms with E-state index < -0.39 is 24.0 Å². The number of nitriles is 3. The average molecular weight is 1720 g/mol. The van der Waals surface area contributed by atoms with E-state index in [1.165, 1.54) is 23.6 Å². The summed E-state index contributed by atoms with van der Waals surface area (Å²) in [5.41, 5.74) is 10.7. The molecule has 0 bridgehead atoms. The molecule has 9 aliphatic heterocycles. The lowest BCUT2D eigenvalue weighted by atomic mass is 9.96. The maximum Gasteiger partial charge on any atom is 0.318 e. The van der Waals surface area contributed by atoms with E-state index >= 15 is 0 Å². The summed E-state index contributed by atoms with van der Waals surface area (Å²) in [6.07, 6.45) is 5.32. The monoisotopic (exact) mass is 1720 g/mol. The minimum atomic E-state index is -2.83. The number of likely N-dealkylation sites (tertiary alicyclic amines) is 1. The van der Waals surface area contributed by atoms with E-state index in [2.05, 4.69) is 194 Å². The van der Waals surface area contributed by atoms with E-state index in [1.54, 1.807) is 26.6 Å². The first-order chi connectivity index (χ1) is 61.8. The van der Waals surface area contributed by atoms with Crippen LogP contribution in [0.2, 0.25) is 0 Å². The van der Waals surface area contributed by atoms with Crippen LogP contribution in [-0.2, 0) is 62.8 Å². The first-order valence-corrected chi connectivity index (χ1v) is 44.0. The molecule has 6 saturated heterocycles. The standard InChI is InChI=1S/C96H105F2N21O8/c1-7-87(120)117-44-41-114(48-63(117)29-35-99)90-77-33-39-112(52-80(77)102-93(105-90)125-56-66-47-96(97,98)61-110(66)6)83-27-25-74(70-20-12-14-22-72(70)83)86-55-109(5)68(58-124-86)60-127-95-104-81-53-113(40-34-78(81)92(107-95)116-43-46-119(89(122)9-3)65(50-116)31-37-101)84-28-26-75(71-21-13-15-23-73(71)84)85-54-108(4)67(57-123-85)59-126-94-103-79-51-111(82-24-16-18-62-17-10-11-19-69(62)82)38-32-76(79)91(106-94)115-42-45-118(88(121)8-2)64(49-115)30-36-100/h7-28,63-68,85-86H,1-3,29-34,38-61H2,4-6H3/t63-,64?,65?,66-,67-,68+,85?,86?/m0/s1. The summed E-state index contributed by atoms with van der Waals surface area (Å²) in [6.45, 7) is 20.4. The third-order valence-electron chi connectivity index (χ3n) is 27.1. The van der Waals surface area contributed by atoms with Crippen LogP contribution in [0.5, 0.6) is 18.0 Å². The van der Waals surface area contributed by atoms with Crippen molar-refractivity contribution in [3.8, 4) is 36.2 Å². The van der Waals surface area contributed by atoms with Crippen molar-refractivity contribution in [3.05, 3.63) is 198 Å². The zero-order valence-corrected chi connectivity index (χ0v) is 72.1. The van der Waals surface area contributed by atoms with Gasteiger partial charge in [0.05, 0.1) is 136 Å². The summed E-state index contributed by atoms with van der Waals surface area (Å²) in [7, 11) is 5.86. The number of nitrogens with zero attached hydrogens (tertiary/aromatic N) is 21. The van der Waals surface area contributed by atoms with Gasteiger partial charge in [-0.15, -0.1) is 0 Å². The highest BCUT2D eigenvalue weighted by molar-refractivity contribution is 5.99. The van der Waals surface area contributed by atoms with Crippen LogP contribution in [0, 0.1) is 34.0 Å². The summed E-state index contributed by atoms with van der Waals surface area (Å²) in [5.74, 6) is -1.33. The number of hydrogen-bond acceptors (Lipinski definition) is 26. The van der Waals surface area contributed by atoms with Crippen molar-refractivity contribution in [1.29, 1.82) is 15.8 Å². The SMILES string of the molecule is C=CC(=O)N1CCN(c2nc(OC[C@@H]3COC(c4ccc(N5CCc6c(nc(OC[C@H]7COC(c8ccc(N9CCc%10c(nc(OC[C@@H]%11CC(F)(F)CN%11C)nc%10N%10CCN(C(=O)C=C)[C@@H](CC#N)C%10)C9)c9ccccc89)CN7C)nc6N6CCN(C(=O)C=C)C(CC#N)C6)C5)c5ccccc45)CN3C)nc3c2CCN(c2cccc4ccccc24)C3)CC1CC#N. The summed E-state index contributed by atoms with van der Waals surface area (Å²) in [5, 5.41) is 36.5. The van der Waals surface area contributed by atoms with E-state index in [1.807, 2.05) is 12.1 Å². The van der Waals surface area contributed by atoms with Gasteiger partial charge in [-0.25, -0.2) is 8.78 Å². The van der Waals surface area contributed by atoms with Gasteiger partial charge in [0.15, 0.2) is 0 Å². The fourth-order valence-electron chi connectivity index (χ4n) is 20.3. The predicted octanol–water partition coefficient (Wildman–Crippen LogP) is 10.2. The lowest BCUT2D eigenvalue weighted by Gasteiger charge is -2.42. The summed E-state index contributed by atoms with van der Waals surface area (Å²) in [6, 6.07) is 45.9. The summed E-state index contributed by atoms with van der Waals surface area (Å²) < 4.78 is 62.8. The normalized spacial score (nSPS) is 22.8. The topological polar surface area (TPSA) is 285 Å². The zero-order valence-electron chi connectivity index (χ0n) is 72.1. The number of piperazine rings is 3. The van der Waals surface area contributed by atoms with Crippen LogP contribution >= 0.6 is 0 Å². The molecule has 0 N–H and O–H groups in total. The number of alkyl halides is 2. The van der Waals surface area contributed by atoms with E-state index in [-0.39, 0.29) is 118 Å².